The fraction of sp³-hybridized carbons (Fsp3) is 0.571. The SMILES string of the molecule is CC(C)(C)C1CN(c2c(F)c(F)c(F)c(F)c2F)CCN1. The number of rotatable bonds is 1. The van der Waals surface area contributed by atoms with Crippen LogP contribution in [0.1, 0.15) is 20.8 Å². The minimum Gasteiger partial charge on any atom is -0.364 e. The van der Waals surface area contributed by atoms with E-state index in [1.165, 1.54) is 4.90 Å². The molecular weight excluding hydrogens is 291 g/mol. The van der Waals surface area contributed by atoms with Crippen LogP contribution in [0.15, 0.2) is 0 Å². The molecule has 1 fully saturated rings. The van der Waals surface area contributed by atoms with Crippen LogP contribution in [0.5, 0.6) is 0 Å². The summed E-state index contributed by atoms with van der Waals surface area (Å²) in [5.74, 6) is -9.50. The van der Waals surface area contributed by atoms with Crippen LogP contribution in [-0.4, -0.2) is 25.7 Å². The Labute approximate surface area is 119 Å². The van der Waals surface area contributed by atoms with E-state index in [4.69, 9.17) is 0 Å². The lowest BCUT2D eigenvalue weighted by atomic mass is 9.85. The first-order valence-electron chi connectivity index (χ1n) is 6.64. The average Bonchev–Trinajstić information content (AvgIpc) is 2.43. The smallest absolute Gasteiger partial charge is 0.200 e. The molecule has 0 bridgehead atoms. The van der Waals surface area contributed by atoms with E-state index in [0.717, 1.165) is 0 Å². The van der Waals surface area contributed by atoms with Crippen LogP contribution in [0, 0.1) is 34.5 Å². The lowest BCUT2D eigenvalue weighted by Crippen LogP contribution is -2.56. The van der Waals surface area contributed by atoms with Crippen molar-refractivity contribution in [2.75, 3.05) is 24.5 Å². The van der Waals surface area contributed by atoms with Gasteiger partial charge in [0.25, 0.3) is 0 Å². The van der Waals surface area contributed by atoms with Gasteiger partial charge in [0.2, 0.25) is 5.82 Å². The van der Waals surface area contributed by atoms with Gasteiger partial charge in [-0.3, -0.25) is 0 Å². The Morgan fingerprint density at radius 3 is 1.86 bits per heavy atom. The highest BCUT2D eigenvalue weighted by Gasteiger charge is 2.34. The first-order valence-corrected chi connectivity index (χ1v) is 6.64. The highest BCUT2D eigenvalue weighted by atomic mass is 19.2. The summed E-state index contributed by atoms with van der Waals surface area (Å²) in [5, 5.41) is 3.19. The largest absolute Gasteiger partial charge is 0.364 e. The molecule has 1 N–H and O–H groups in total. The Balaban J connectivity index is 2.43. The molecule has 0 aliphatic carbocycles. The molecule has 118 valence electrons. The molecule has 0 radical (unpaired) electrons. The maximum Gasteiger partial charge on any atom is 0.200 e. The maximum absolute atomic E-state index is 13.8. The van der Waals surface area contributed by atoms with Crippen molar-refractivity contribution in [1.29, 1.82) is 0 Å². The van der Waals surface area contributed by atoms with Crippen LogP contribution in [0.3, 0.4) is 0 Å². The lowest BCUT2D eigenvalue weighted by molar-refractivity contribution is 0.251. The van der Waals surface area contributed by atoms with E-state index in [-0.39, 0.29) is 24.5 Å². The van der Waals surface area contributed by atoms with Gasteiger partial charge in [-0.25, -0.2) is 22.0 Å². The summed E-state index contributed by atoms with van der Waals surface area (Å²) >= 11 is 0. The quantitative estimate of drug-likeness (QED) is 0.487. The summed E-state index contributed by atoms with van der Waals surface area (Å²) in [6.07, 6.45) is 0. The van der Waals surface area contributed by atoms with Gasteiger partial charge < -0.3 is 10.2 Å². The first kappa shape index (κ1) is 16.0. The molecular formula is C14H17F5N2. The molecule has 21 heavy (non-hydrogen) atoms. The summed E-state index contributed by atoms with van der Waals surface area (Å²) in [6, 6.07) is -0.124. The van der Waals surface area contributed by atoms with Gasteiger partial charge in [0.05, 0.1) is 0 Å². The Morgan fingerprint density at radius 2 is 1.38 bits per heavy atom. The highest BCUT2D eigenvalue weighted by molar-refractivity contribution is 5.51. The van der Waals surface area contributed by atoms with Gasteiger partial charge in [0.15, 0.2) is 23.3 Å². The molecule has 1 aliphatic heterocycles. The van der Waals surface area contributed by atoms with Crippen molar-refractivity contribution in [3.8, 4) is 0 Å². The van der Waals surface area contributed by atoms with Gasteiger partial charge in [0.1, 0.15) is 5.69 Å². The third-order valence-electron chi connectivity index (χ3n) is 3.72. The summed E-state index contributed by atoms with van der Waals surface area (Å²) in [6.45, 7) is 6.56. The number of nitrogens with zero attached hydrogens (tertiary/aromatic N) is 1. The number of hydrogen-bond donors (Lipinski definition) is 1. The Hall–Kier alpha value is -1.37. The van der Waals surface area contributed by atoms with Crippen LogP contribution in [0.25, 0.3) is 0 Å². The second kappa shape index (κ2) is 5.44. The van der Waals surface area contributed by atoms with Crippen LogP contribution in [0.2, 0.25) is 0 Å². The molecule has 0 amide bonds. The van der Waals surface area contributed by atoms with Crippen molar-refractivity contribution in [3.05, 3.63) is 29.1 Å². The third-order valence-corrected chi connectivity index (χ3v) is 3.72. The van der Waals surface area contributed by atoms with Crippen LogP contribution >= 0.6 is 0 Å². The standard InChI is InChI=1S/C14H17F5N2/c1-14(2,3)7-6-21(5-4-20-7)13-11(18)9(16)8(15)10(17)12(13)19/h7,20H,4-6H2,1-3H3. The van der Waals surface area contributed by atoms with Gasteiger partial charge in [-0.05, 0) is 5.41 Å². The number of nitrogens with one attached hydrogen (secondary N) is 1. The van der Waals surface area contributed by atoms with Crippen LogP contribution in [0.4, 0.5) is 27.6 Å². The minimum atomic E-state index is -2.13. The van der Waals surface area contributed by atoms with E-state index in [2.05, 4.69) is 5.32 Å². The van der Waals surface area contributed by atoms with E-state index in [9.17, 15) is 22.0 Å². The Bertz CT molecular complexity index is 524. The zero-order valence-electron chi connectivity index (χ0n) is 12.0. The van der Waals surface area contributed by atoms with E-state index >= 15 is 0 Å². The zero-order chi connectivity index (χ0) is 15.9. The maximum atomic E-state index is 13.8. The molecule has 0 aromatic heterocycles. The molecule has 2 nitrogen and oxygen atoms in total. The second-order valence-electron chi connectivity index (χ2n) is 6.24. The molecule has 2 rings (SSSR count). The molecule has 1 heterocycles. The van der Waals surface area contributed by atoms with Gasteiger partial charge in [-0.2, -0.15) is 0 Å². The molecule has 7 heteroatoms. The Kier molecular flexibility index (Phi) is 4.15. The van der Waals surface area contributed by atoms with Crippen LogP contribution < -0.4 is 10.2 Å². The van der Waals surface area contributed by atoms with E-state index in [0.29, 0.717) is 6.54 Å². The highest BCUT2D eigenvalue weighted by Crippen LogP contribution is 2.32. The number of hydrogen-bond acceptors (Lipinski definition) is 2. The fourth-order valence-corrected chi connectivity index (χ4v) is 2.40. The van der Waals surface area contributed by atoms with Gasteiger partial charge in [-0.15, -0.1) is 0 Å². The van der Waals surface area contributed by atoms with Crippen molar-refractivity contribution in [2.45, 2.75) is 26.8 Å². The molecule has 1 aliphatic rings. The number of benzene rings is 1. The van der Waals surface area contributed by atoms with Crippen molar-refractivity contribution in [1.82, 2.24) is 5.32 Å². The monoisotopic (exact) mass is 308 g/mol. The number of anilines is 1. The van der Waals surface area contributed by atoms with E-state index in [1.54, 1.807) is 0 Å². The van der Waals surface area contributed by atoms with Crippen molar-refractivity contribution < 1.29 is 22.0 Å². The van der Waals surface area contributed by atoms with Crippen molar-refractivity contribution in [2.24, 2.45) is 5.41 Å². The van der Waals surface area contributed by atoms with E-state index in [1.807, 2.05) is 20.8 Å². The van der Waals surface area contributed by atoms with E-state index < -0.39 is 34.8 Å². The summed E-state index contributed by atoms with van der Waals surface area (Å²) in [7, 11) is 0. The van der Waals surface area contributed by atoms with Gasteiger partial charge in [-0.1, -0.05) is 20.8 Å². The summed E-state index contributed by atoms with van der Waals surface area (Å²) in [4.78, 5) is 1.21. The Morgan fingerprint density at radius 1 is 0.905 bits per heavy atom. The molecule has 1 atom stereocenters. The third kappa shape index (κ3) is 2.84. The summed E-state index contributed by atoms with van der Waals surface area (Å²) in [5.41, 5.74) is -1.05. The average molecular weight is 308 g/mol. The second-order valence-corrected chi connectivity index (χ2v) is 6.24. The van der Waals surface area contributed by atoms with Crippen LogP contribution in [-0.2, 0) is 0 Å². The predicted molar refractivity (Wildman–Crippen MR) is 69.7 cm³/mol. The zero-order valence-corrected chi connectivity index (χ0v) is 12.0. The van der Waals surface area contributed by atoms with Gasteiger partial charge >= 0.3 is 0 Å². The van der Waals surface area contributed by atoms with Crippen molar-refractivity contribution >= 4 is 5.69 Å². The number of halogens is 5. The molecule has 1 saturated heterocycles. The first-order chi connectivity index (χ1) is 9.64. The topological polar surface area (TPSA) is 15.3 Å². The summed E-state index contributed by atoms with van der Waals surface area (Å²) < 4.78 is 67.3. The fourth-order valence-electron chi connectivity index (χ4n) is 2.40. The van der Waals surface area contributed by atoms with Crippen molar-refractivity contribution in [3.63, 3.8) is 0 Å². The predicted octanol–water partition coefficient (Wildman–Crippen LogP) is 3.21. The minimum absolute atomic E-state index is 0.124. The normalized spacial score (nSPS) is 20.0. The molecule has 1 unspecified atom stereocenters. The molecule has 1 aromatic rings. The molecule has 0 spiro atoms. The molecule has 1 aromatic carbocycles. The lowest BCUT2D eigenvalue weighted by Gasteiger charge is -2.41. The molecule has 0 saturated carbocycles. The van der Waals surface area contributed by atoms with Gasteiger partial charge in [0, 0.05) is 25.7 Å². The number of piperazine rings is 1.